The molecule has 1 unspecified atom stereocenters. The van der Waals surface area contributed by atoms with Crippen molar-refractivity contribution in [1.82, 2.24) is 5.32 Å². The lowest BCUT2D eigenvalue weighted by molar-refractivity contribution is 0.227. The van der Waals surface area contributed by atoms with E-state index in [9.17, 15) is 0 Å². The summed E-state index contributed by atoms with van der Waals surface area (Å²) in [6.07, 6.45) is 2.38. The second-order valence-electron chi connectivity index (χ2n) is 7.08. The van der Waals surface area contributed by atoms with Gasteiger partial charge in [-0.05, 0) is 55.9 Å². The van der Waals surface area contributed by atoms with E-state index in [2.05, 4.69) is 70.0 Å². The van der Waals surface area contributed by atoms with Crippen molar-refractivity contribution in [2.24, 2.45) is 5.92 Å². The van der Waals surface area contributed by atoms with Crippen molar-refractivity contribution in [3.05, 3.63) is 29.3 Å². The summed E-state index contributed by atoms with van der Waals surface area (Å²) in [6, 6.07) is 7.52. The topological polar surface area (TPSA) is 15.3 Å². The van der Waals surface area contributed by atoms with Gasteiger partial charge in [-0.3, -0.25) is 0 Å². The molecule has 1 aromatic carbocycles. The van der Waals surface area contributed by atoms with Gasteiger partial charge in [0.15, 0.2) is 0 Å². The maximum absolute atomic E-state index is 3.85. The predicted octanol–water partition coefficient (Wildman–Crippen LogP) is 4.30. The van der Waals surface area contributed by atoms with Crippen LogP contribution in [0.15, 0.2) is 18.2 Å². The van der Waals surface area contributed by atoms with Gasteiger partial charge in [0.1, 0.15) is 0 Å². The first-order valence-corrected chi connectivity index (χ1v) is 8.51. The molecule has 2 nitrogen and oxygen atoms in total. The quantitative estimate of drug-likeness (QED) is 0.889. The molecule has 1 saturated heterocycles. The van der Waals surface area contributed by atoms with Crippen molar-refractivity contribution in [2.75, 3.05) is 18.0 Å². The first-order chi connectivity index (χ1) is 9.92. The Morgan fingerprint density at radius 3 is 2.38 bits per heavy atom. The molecule has 1 N–H and O–H groups in total. The van der Waals surface area contributed by atoms with E-state index in [-0.39, 0.29) is 5.54 Å². The highest BCUT2D eigenvalue weighted by Crippen LogP contribution is 2.31. The molecule has 2 heteroatoms. The molecule has 118 valence electrons. The maximum atomic E-state index is 3.85. The number of aryl methyl sites for hydroxylation is 2. The first-order valence-electron chi connectivity index (χ1n) is 8.51. The van der Waals surface area contributed by atoms with E-state index in [4.69, 9.17) is 0 Å². The zero-order chi connectivity index (χ0) is 15.6. The number of benzene rings is 1. The van der Waals surface area contributed by atoms with Crippen LogP contribution in [-0.4, -0.2) is 24.7 Å². The highest BCUT2D eigenvalue weighted by Gasteiger charge is 2.37. The molecule has 1 heterocycles. The zero-order valence-electron chi connectivity index (χ0n) is 14.7. The Kier molecular flexibility index (Phi) is 4.98. The normalized spacial score (nSPS) is 21.9. The third-order valence-corrected chi connectivity index (χ3v) is 5.50. The van der Waals surface area contributed by atoms with Gasteiger partial charge in [0, 0.05) is 30.4 Å². The van der Waals surface area contributed by atoms with Gasteiger partial charge < -0.3 is 10.2 Å². The van der Waals surface area contributed by atoms with Gasteiger partial charge in [-0.15, -0.1) is 0 Å². The molecule has 1 fully saturated rings. The van der Waals surface area contributed by atoms with Gasteiger partial charge in [-0.2, -0.15) is 0 Å². The zero-order valence-corrected chi connectivity index (χ0v) is 14.7. The second kappa shape index (κ2) is 6.39. The number of nitrogens with zero attached hydrogens (tertiary/aromatic N) is 1. The molecule has 0 aliphatic carbocycles. The molecule has 1 aliphatic rings. The minimum absolute atomic E-state index is 0.268. The molecule has 1 atom stereocenters. The van der Waals surface area contributed by atoms with Gasteiger partial charge >= 0.3 is 0 Å². The molecule has 1 aliphatic heterocycles. The average molecular weight is 288 g/mol. The smallest absolute Gasteiger partial charge is 0.0438 e. The minimum Gasteiger partial charge on any atom is -0.365 e. The Labute approximate surface area is 130 Å². The standard InChI is InChI=1S/C19H32N2/c1-7-19(8-2)13-21(18(12-20-19)14(3)4)17-10-9-15(5)16(6)11-17/h9-11,14,18,20H,7-8,12-13H2,1-6H3. The van der Waals surface area contributed by atoms with Crippen molar-refractivity contribution in [3.8, 4) is 0 Å². The van der Waals surface area contributed by atoms with Gasteiger partial charge in [0.2, 0.25) is 0 Å². The monoisotopic (exact) mass is 288 g/mol. The van der Waals surface area contributed by atoms with Gasteiger partial charge in [-0.25, -0.2) is 0 Å². The third-order valence-electron chi connectivity index (χ3n) is 5.50. The lowest BCUT2D eigenvalue weighted by atomic mass is 9.86. The number of rotatable bonds is 4. The van der Waals surface area contributed by atoms with Crippen LogP contribution in [0.3, 0.4) is 0 Å². The van der Waals surface area contributed by atoms with Crippen LogP contribution >= 0.6 is 0 Å². The molecule has 0 radical (unpaired) electrons. The van der Waals surface area contributed by atoms with E-state index in [1.54, 1.807) is 0 Å². The maximum Gasteiger partial charge on any atom is 0.0438 e. The van der Waals surface area contributed by atoms with Crippen molar-refractivity contribution in [1.29, 1.82) is 0 Å². The van der Waals surface area contributed by atoms with E-state index in [0.717, 1.165) is 13.1 Å². The Morgan fingerprint density at radius 2 is 1.86 bits per heavy atom. The largest absolute Gasteiger partial charge is 0.365 e. The SMILES string of the molecule is CCC1(CC)CN(c2ccc(C)c(C)c2)C(C(C)C)CN1. The summed E-state index contributed by atoms with van der Waals surface area (Å²) in [5.41, 5.74) is 4.44. The number of piperazine rings is 1. The van der Waals surface area contributed by atoms with Crippen LogP contribution in [-0.2, 0) is 0 Å². The highest BCUT2D eigenvalue weighted by atomic mass is 15.3. The summed E-state index contributed by atoms with van der Waals surface area (Å²) in [5.74, 6) is 0.658. The predicted molar refractivity (Wildman–Crippen MR) is 93.2 cm³/mol. The average Bonchev–Trinajstić information content (AvgIpc) is 2.49. The number of anilines is 1. The fraction of sp³-hybridized carbons (Fsp3) is 0.684. The molecule has 0 bridgehead atoms. The molecule has 0 spiro atoms. The molecular formula is C19H32N2. The Bertz CT molecular complexity index is 474. The number of hydrogen-bond acceptors (Lipinski definition) is 2. The first kappa shape index (κ1) is 16.4. The molecule has 0 aromatic heterocycles. The summed E-state index contributed by atoms with van der Waals surface area (Å²) in [7, 11) is 0. The highest BCUT2D eigenvalue weighted by molar-refractivity contribution is 5.52. The van der Waals surface area contributed by atoms with Crippen LogP contribution in [0.5, 0.6) is 0 Å². The minimum atomic E-state index is 0.268. The Balaban J connectivity index is 2.35. The fourth-order valence-corrected chi connectivity index (χ4v) is 3.44. The Morgan fingerprint density at radius 1 is 1.19 bits per heavy atom. The molecule has 1 aromatic rings. The van der Waals surface area contributed by atoms with E-state index >= 15 is 0 Å². The summed E-state index contributed by atoms with van der Waals surface area (Å²) < 4.78 is 0. The third kappa shape index (κ3) is 3.26. The van der Waals surface area contributed by atoms with Gasteiger partial charge in [-0.1, -0.05) is 33.8 Å². The lowest BCUT2D eigenvalue weighted by Crippen LogP contribution is -2.65. The van der Waals surface area contributed by atoms with Crippen molar-refractivity contribution >= 4 is 5.69 Å². The van der Waals surface area contributed by atoms with E-state index < -0.39 is 0 Å². The number of hydrogen-bond donors (Lipinski definition) is 1. The van der Waals surface area contributed by atoms with Crippen LogP contribution in [0.4, 0.5) is 5.69 Å². The van der Waals surface area contributed by atoms with Crippen LogP contribution in [0.25, 0.3) is 0 Å². The summed E-state index contributed by atoms with van der Waals surface area (Å²) >= 11 is 0. The second-order valence-corrected chi connectivity index (χ2v) is 7.08. The molecule has 0 saturated carbocycles. The van der Waals surface area contributed by atoms with Crippen molar-refractivity contribution in [3.63, 3.8) is 0 Å². The van der Waals surface area contributed by atoms with Crippen molar-refractivity contribution < 1.29 is 0 Å². The number of nitrogens with one attached hydrogen (secondary N) is 1. The lowest BCUT2D eigenvalue weighted by Gasteiger charge is -2.50. The van der Waals surface area contributed by atoms with E-state index in [0.29, 0.717) is 12.0 Å². The molecule has 21 heavy (non-hydrogen) atoms. The van der Waals surface area contributed by atoms with Gasteiger partial charge in [0.25, 0.3) is 0 Å². The van der Waals surface area contributed by atoms with Crippen LogP contribution in [0.1, 0.15) is 51.7 Å². The van der Waals surface area contributed by atoms with Crippen LogP contribution < -0.4 is 10.2 Å². The van der Waals surface area contributed by atoms with E-state index in [1.165, 1.54) is 29.7 Å². The molecule has 0 amide bonds. The van der Waals surface area contributed by atoms with Crippen LogP contribution in [0.2, 0.25) is 0 Å². The van der Waals surface area contributed by atoms with Crippen molar-refractivity contribution in [2.45, 2.75) is 66.0 Å². The summed E-state index contributed by atoms with van der Waals surface area (Å²) in [6.45, 7) is 15.9. The van der Waals surface area contributed by atoms with E-state index in [1.807, 2.05) is 0 Å². The molecular weight excluding hydrogens is 256 g/mol. The molecule has 2 rings (SSSR count). The summed E-state index contributed by atoms with van der Waals surface area (Å²) in [5, 5.41) is 3.85. The summed E-state index contributed by atoms with van der Waals surface area (Å²) in [4.78, 5) is 2.65. The Hall–Kier alpha value is -1.02. The van der Waals surface area contributed by atoms with Crippen LogP contribution in [0, 0.1) is 19.8 Å². The van der Waals surface area contributed by atoms with Gasteiger partial charge in [0.05, 0.1) is 0 Å². The fourth-order valence-electron chi connectivity index (χ4n) is 3.44.